The van der Waals surface area contributed by atoms with E-state index in [2.05, 4.69) is 41.7 Å². The van der Waals surface area contributed by atoms with E-state index in [1.165, 1.54) is 48.5 Å². The third kappa shape index (κ3) is 14.2. The van der Waals surface area contributed by atoms with Crippen molar-refractivity contribution in [1.29, 1.82) is 0 Å². The Balaban J connectivity index is 1.32. The summed E-state index contributed by atoms with van der Waals surface area (Å²) in [6.07, 6.45) is 1.35. The number of halogens is 4. The predicted octanol–water partition coefficient (Wildman–Crippen LogP) is 11.2. The first-order valence-electron chi connectivity index (χ1n) is 21.0. The fourth-order valence-corrected chi connectivity index (χ4v) is 7.19. The van der Waals surface area contributed by atoms with E-state index < -0.39 is 47.3 Å². The normalized spacial score (nSPS) is 12.0. The minimum Gasteiger partial charge on any atom is -0.492 e. The van der Waals surface area contributed by atoms with Gasteiger partial charge < -0.3 is 30.7 Å². The number of benzene rings is 5. The van der Waals surface area contributed by atoms with E-state index in [0.29, 0.717) is 36.0 Å². The molecule has 5 aromatic rings. The van der Waals surface area contributed by atoms with Gasteiger partial charge >= 0.3 is 0 Å². The largest absolute Gasteiger partial charge is 0.492 e. The van der Waals surface area contributed by atoms with Crippen LogP contribution in [-0.4, -0.2) is 72.3 Å². The van der Waals surface area contributed by atoms with E-state index in [1.807, 2.05) is 24.3 Å². The second-order valence-corrected chi connectivity index (χ2v) is 16.1. The highest BCUT2D eigenvalue weighted by Gasteiger charge is 2.28. The Morgan fingerprint density at radius 1 is 0.544 bits per heavy atom. The van der Waals surface area contributed by atoms with Crippen LogP contribution in [0.2, 0.25) is 10.0 Å². The molecule has 0 saturated carbocycles. The predicted molar refractivity (Wildman–Crippen MR) is 265 cm³/mol. The van der Waals surface area contributed by atoms with Gasteiger partial charge in [0.05, 0.1) is 45.8 Å². The third-order valence-electron chi connectivity index (χ3n) is 9.66. The highest BCUT2D eigenvalue weighted by Crippen LogP contribution is 2.38. The zero-order valence-electron chi connectivity index (χ0n) is 37.2. The van der Waals surface area contributed by atoms with Crippen molar-refractivity contribution in [1.82, 2.24) is 0 Å². The first-order chi connectivity index (χ1) is 32.7. The summed E-state index contributed by atoms with van der Waals surface area (Å²) in [6.45, 7) is 5.86. The molecule has 0 bridgehead atoms. The van der Waals surface area contributed by atoms with Gasteiger partial charge in [-0.25, -0.2) is 0 Å². The highest BCUT2D eigenvalue weighted by molar-refractivity contribution is 6.37. The molecule has 20 heteroatoms. The van der Waals surface area contributed by atoms with Crippen LogP contribution < -0.4 is 30.7 Å². The monoisotopic (exact) mass is 1000 g/mol. The van der Waals surface area contributed by atoms with E-state index in [-0.39, 0.29) is 68.6 Å². The number of ether oxygens (including phenoxy) is 2. The van der Waals surface area contributed by atoms with Crippen molar-refractivity contribution in [3.05, 3.63) is 129 Å². The Bertz CT molecular complexity index is 2530. The van der Waals surface area contributed by atoms with Crippen molar-refractivity contribution in [2.24, 2.45) is 20.5 Å². The molecule has 2 unspecified atom stereocenters. The third-order valence-corrected chi connectivity index (χ3v) is 10.8. The van der Waals surface area contributed by atoms with Crippen LogP contribution in [0, 0.1) is 0 Å². The molecule has 5 rings (SSSR count). The maximum atomic E-state index is 13.7. The molecule has 2 atom stereocenters. The maximum absolute atomic E-state index is 13.7. The van der Waals surface area contributed by atoms with Gasteiger partial charge in [-0.05, 0) is 100 Å². The number of azo groups is 2. The van der Waals surface area contributed by atoms with Gasteiger partial charge in [-0.2, -0.15) is 20.5 Å². The summed E-state index contributed by atoms with van der Waals surface area (Å²) in [4.78, 5) is 79.3. The lowest BCUT2D eigenvalue weighted by atomic mass is 10.1. The molecule has 0 saturated heterocycles. The van der Waals surface area contributed by atoms with Crippen LogP contribution in [-0.2, 0) is 32.0 Å². The van der Waals surface area contributed by atoms with E-state index in [9.17, 15) is 28.8 Å². The number of carbonyl (C=O) groups excluding carboxylic acids is 6. The van der Waals surface area contributed by atoms with Gasteiger partial charge in [0, 0.05) is 35.3 Å². The van der Waals surface area contributed by atoms with Gasteiger partial charge in [-0.3, -0.25) is 28.8 Å². The number of Topliss-reactive ketones (excluding diaryl/α,β-unsaturated/α-hetero) is 2. The van der Waals surface area contributed by atoms with Crippen LogP contribution in [0.5, 0.6) is 11.5 Å². The smallest absolute Gasteiger partial charge is 0.258 e. The molecule has 0 aromatic heterocycles. The molecular weight excluding hydrogens is 958 g/mol. The van der Waals surface area contributed by atoms with Crippen LogP contribution in [0.15, 0.2) is 118 Å². The number of hydrogen-bond acceptors (Lipinski definition) is 12. The summed E-state index contributed by atoms with van der Waals surface area (Å²) in [6, 6.07) is 22.6. The number of nitrogens with zero attached hydrogens (tertiary/aromatic N) is 4. The van der Waals surface area contributed by atoms with Gasteiger partial charge in [0.1, 0.15) is 22.9 Å². The quantitative estimate of drug-likeness (QED) is 0.0296. The van der Waals surface area contributed by atoms with E-state index in [0.717, 1.165) is 25.0 Å². The lowest BCUT2D eigenvalue weighted by Crippen LogP contribution is -2.32. The van der Waals surface area contributed by atoms with Crippen molar-refractivity contribution in [3.8, 4) is 11.5 Å². The number of hydrogen-bond donors (Lipinski definition) is 4. The molecule has 354 valence electrons. The number of rotatable bonds is 22. The minimum atomic E-state index is -1.68. The minimum absolute atomic E-state index is 0.0216. The van der Waals surface area contributed by atoms with Crippen molar-refractivity contribution in [3.63, 3.8) is 0 Å². The zero-order chi connectivity index (χ0) is 49.3. The van der Waals surface area contributed by atoms with Crippen molar-refractivity contribution in [2.75, 3.05) is 46.2 Å². The number of anilines is 4. The van der Waals surface area contributed by atoms with Crippen molar-refractivity contribution >= 4 is 116 Å². The molecule has 68 heavy (non-hydrogen) atoms. The van der Waals surface area contributed by atoms with Crippen LogP contribution in [0.25, 0.3) is 0 Å². The van der Waals surface area contributed by atoms with Gasteiger partial charge in [-0.1, -0.05) is 59.6 Å². The Morgan fingerprint density at radius 2 is 0.912 bits per heavy atom. The Hall–Kier alpha value is -6.72. The van der Waals surface area contributed by atoms with E-state index in [4.69, 9.17) is 55.9 Å². The van der Waals surface area contributed by atoms with Gasteiger partial charge in [0.2, 0.25) is 12.1 Å². The number of alkyl halides is 2. The molecule has 0 aliphatic rings. The summed E-state index contributed by atoms with van der Waals surface area (Å²) in [7, 11) is 0. The molecule has 0 radical (unpaired) electrons. The second kappa shape index (κ2) is 25.4. The molecule has 0 fully saturated rings. The van der Waals surface area contributed by atoms with Gasteiger partial charge in [0.15, 0.2) is 11.6 Å². The topological polar surface area (TPSA) is 218 Å². The maximum Gasteiger partial charge on any atom is 0.258 e. The zero-order valence-corrected chi connectivity index (χ0v) is 40.2. The molecule has 0 spiro atoms. The van der Waals surface area contributed by atoms with E-state index >= 15 is 0 Å². The molecule has 0 aliphatic carbocycles. The average Bonchev–Trinajstić information content (AvgIpc) is 3.30. The lowest BCUT2D eigenvalue weighted by Gasteiger charge is -2.19. The Morgan fingerprint density at radius 3 is 1.24 bits per heavy atom. The first kappa shape index (κ1) is 52.3. The number of ketones is 2. The van der Waals surface area contributed by atoms with E-state index in [1.54, 1.807) is 38.1 Å². The van der Waals surface area contributed by atoms with Crippen molar-refractivity contribution in [2.45, 2.75) is 52.6 Å². The molecule has 0 aliphatic heterocycles. The van der Waals surface area contributed by atoms with Crippen LogP contribution in [0.4, 0.5) is 34.1 Å². The number of carbonyl (C=O) groups is 6. The fraction of sp³-hybridized carbons (Fsp3) is 0.250. The summed E-state index contributed by atoms with van der Waals surface area (Å²) in [5.41, 5.74) is 3.33. The number of aryl methyl sites for hydroxylation is 2. The van der Waals surface area contributed by atoms with Crippen LogP contribution in [0.1, 0.15) is 59.5 Å². The van der Waals surface area contributed by atoms with Crippen molar-refractivity contribution < 1.29 is 38.2 Å². The summed E-state index contributed by atoms with van der Waals surface area (Å²) < 4.78 is 11.6. The summed E-state index contributed by atoms with van der Waals surface area (Å²) in [5, 5.41) is 26.8. The van der Waals surface area contributed by atoms with Gasteiger partial charge in [-0.15, -0.1) is 23.2 Å². The number of amides is 4. The Labute approximate surface area is 412 Å². The summed E-state index contributed by atoms with van der Waals surface area (Å²) >= 11 is 24.8. The van der Waals surface area contributed by atoms with Gasteiger partial charge in [0.25, 0.3) is 23.6 Å². The SMILES string of the molecule is CCOc1cc(NC(=O)C(N=Nc2cccc(C(=O)Nc3ccc(CCCl)cc3)c2Cl)C(C)=O)c(OCC)cc1NC(=O)C(N=Nc1cccc(C(=O)Nc2ccc(CCCl)cc2)c1Cl)C(C)=O. The Kier molecular flexibility index (Phi) is 19.5. The lowest BCUT2D eigenvalue weighted by molar-refractivity contribution is -0.127. The number of nitrogens with one attached hydrogen (secondary N) is 4. The fourth-order valence-electron chi connectivity index (χ4n) is 6.25. The standard InChI is InChI=1S/C48H46Cl4N8O8/c1-5-67-39-25-38(56-48(66)44(28(4)62)60-58-36-12-8-10-34(42(36)52)46(64)54-32-19-15-30(16-20-32)22-24-50)40(68-6-2)26-37(39)55-47(65)43(27(3)61)59-57-35-11-7-9-33(41(35)51)45(63)53-31-17-13-29(14-18-31)21-23-49/h7-20,25-26,43-44H,5-6,21-24H2,1-4H3,(H,53,63)(H,54,64)(H,55,65)(H,56,66). The van der Waals surface area contributed by atoms with Crippen LogP contribution in [0.3, 0.4) is 0 Å². The second-order valence-electron chi connectivity index (χ2n) is 14.6. The average molecular weight is 1000 g/mol. The summed E-state index contributed by atoms with van der Waals surface area (Å²) in [5.74, 6) is -3.20. The molecule has 4 amide bonds. The molecule has 16 nitrogen and oxygen atoms in total. The molecular formula is C48H46Cl4N8O8. The molecule has 4 N–H and O–H groups in total. The molecule has 5 aromatic carbocycles. The highest BCUT2D eigenvalue weighted by atomic mass is 35.5. The van der Waals surface area contributed by atoms with Crippen LogP contribution >= 0.6 is 46.4 Å². The molecule has 0 heterocycles. The first-order valence-corrected chi connectivity index (χ1v) is 22.9.